The Hall–Kier alpha value is -2.34. The van der Waals surface area contributed by atoms with Crippen LogP contribution in [0.15, 0.2) is 48.5 Å². The summed E-state index contributed by atoms with van der Waals surface area (Å²) in [6.07, 6.45) is 3.23. The molecule has 26 heavy (non-hydrogen) atoms. The standard InChI is InChI=1S/C20H24N2O3S/c1-16-8-3-5-11-18(16)22(26(2,24)25)15-13-20(23)21-14-7-10-17-9-4-6-12-19(17)21/h3-6,8-9,11-12H,7,10,13-15H2,1-2H3. The molecule has 0 atom stereocenters. The third-order valence-electron chi connectivity index (χ3n) is 4.72. The molecule has 138 valence electrons. The van der Waals surface area contributed by atoms with Gasteiger partial charge in [0.05, 0.1) is 11.9 Å². The topological polar surface area (TPSA) is 57.7 Å². The lowest BCUT2D eigenvalue weighted by Crippen LogP contribution is -2.39. The number of aryl methyl sites for hydroxylation is 2. The van der Waals surface area contributed by atoms with Gasteiger partial charge in [0, 0.05) is 25.2 Å². The van der Waals surface area contributed by atoms with E-state index >= 15 is 0 Å². The first kappa shape index (κ1) is 18.5. The van der Waals surface area contributed by atoms with E-state index in [1.54, 1.807) is 11.0 Å². The van der Waals surface area contributed by atoms with Crippen LogP contribution in [0.4, 0.5) is 11.4 Å². The summed E-state index contributed by atoms with van der Waals surface area (Å²) in [6.45, 7) is 2.69. The highest BCUT2D eigenvalue weighted by Gasteiger charge is 2.25. The third kappa shape index (κ3) is 3.90. The highest BCUT2D eigenvalue weighted by atomic mass is 32.2. The van der Waals surface area contributed by atoms with Crippen molar-refractivity contribution in [2.45, 2.75) is 26.2 Å². The van der Waals surface area contributed by atoms with E-state index in [9.17, 15) is 13.2 Å². The van der Waals surface area contributed by atoms with Crippen molar-refractivity contribution in [2.24, 2.45) is 0 Å². The molecular weight excluding hydrogens is 348 g/mol. The molecule has 2 aromatic carbocycles. The van der Waals surface area contributed by atoms with Crippen LogP contribution in [0.2, 0.25) is 0 Å². The van der Waals surface area contributed by atoms with Crippen molar-refractivity contribution in [3.05, 3.63) is 59.7 Å². The van der Waals surface area contributed by atoms with E-state index in [-0.39, 0.29) is 18.9 Å². The van der Waals surface area contributed by atoms with Crippen LogP contribution in [-0.2, 0) is 21.2 Å². The van der Waals surface area contributed by atoms with E-state index < -0.39 is 10.0 Å². The molecule has 0 fully saturated rings. The molecule has 3 rings (SSSR count). The largest absolute Gasteiger partial charge is 0.312 e. The number of carbonyl (C=O) groups is 1. The lowest BCUT2D eigenvalue weighted by Gasteiger charge is -2.30. The van der Waals surface area contributed by atoms with Crippen molar-refractivity contribution < 1.29 is 13.2 Å². The van der Waals surface area contributed by atoms with Gasteiger partial charge in [-0.1, -0.05) is 36.4 Å². The molecule has 0 N–H and O–H groups in total. The third-order valence-corrected chi connectivity index (χ3v) is 5.90. The van der Waals surface area contributed by atoms with Gasteiger partial charge in [0.1, 0.15) is 0 Å². The smallest absolute Gasteiger partial charge is 0.232 e. The van der Waals surface area contributed by atoms with Gasteiger partial charge in [0.2, 0.25) is 15.9 Å². The second-order valence-electron chi connectivity index (χ2n) is 6.65. The normalized spacial score (nSPS) is 14.0. The molecule has 0 radical (unpaired) electrons. The van der Waals surface area contributed by atoms with Gasteiger partial charge in [-0.2, -0.15) is 0 Å². The maximum absolute atomic E-state index is 12.8. The average molecular weight is 372 g/mol. The Balaban J connectivity index is 1.78. The molecular formula is C20H24N2O3S. The summed E-state index contributed by atoms with van der Waals surface area (Å²) in [5.41, 5.74) is 3.62. The highest BCUT2D eigenvalue weighted by molar-refractivity contribution is 7.92. The molecule has 1 aliphatic heterocycles. The molecule has 0 spiro atoms. The first-order valence-electron chi connectivity index (χ1n) is 8.79. The van der Waals surface area contributed by atoms with Crippen LogP contribution in [-0.4, -0.2) is 33.7 Å². The monoisotopic (exact) mass is 372 g/mol. The second kappa shape index (κ2) is 7.50. The van der Waals surface area contributed by atoms with Crippen LogP contribution in [0.25, 0.3) is 0 Å². The van der Waals surface area contributed by atoms with Gasteiger partial charge in [-0.3, -0.25) is 9.10 Å². The zero-order chi connectivity index (χ0) is 18.7. The van der Waals surface area contributed by atoms with E-state index in [2.05, 4.69) is 0 Å². The summed E-state index contributed by atoms with van der Waals surface area (Å²) < 4.78 is 25.9. The van der Waals surface area contributed by atoms with E-state index in [1.165, 1.54) is 16.1 Å². The molecule has 1 heterocycles. The molecule has 1 aliphatic rings. The van der Waals surface area contributed by atoms with E-state index in [0.717, 1.165) is 24.1 Å². The molecule has 0 aromatic heterocycles. The number of sulfonamides is 1. The Bertz CT molecular complexity index is 909. The molecule has 0 saturated carbocycles. The molecule has 0 saturated heterocycles. The van der Waals surface area contributed by atoms with Gasteiger partial charge in [-0.05, 0) is 43.0 Å². The fourth-order valence-corrected chi connectivity index (χ4v) is 4.42. The second-order valence-corrected chi connectivity index (χ2v) is 8.56. The molecule has 2 aromatic rings. The van der Waals surface area contributed by atoms with Crippen molar-refractivity contribution in [3.8, 4) is 0 Å². The van der Waals surface area contributed by atoms with Gasteiger partial charge in [-0.25, -0.2) is 8.42 Å². The predicted molar refractivity (Wildman–Crippen MR) is 105 cm³/mol. The zero-order valence-electron chi connectivity index (χ0n) is 15.2. The number of hydrogen-bond acceptors (Lipinski definition) is 3. The summed E-state index contributed by atoms with van der Waals surface area (Å²) >= 11 is 0. The van der Waals surface area contributed by atoms with Crippen LogP contribution in [0.5, 0.6) is 0 Å². The Morgan fingerprint density at radius 2 is 1.81 bits per heavy atom. The molecule has 0 aliphatic carbocycles. The summed E-state index contributed by atoms with van der Waals surface area (Å²) in [5, 5.41) is 0. The minimum absolute atomic E-state index is 0.0422. The zero-order valence-corrected chi connectivity index (χ0v) is 16.0. The van der Waals surface area contributed by atoms with E-state index in [1.807, 2.05) is 49.4 Å². The highest BCUT2D eigenvalue weighted by Crippen LogP contribution is 2.28. The lowest BCUT2D eigenvalue weighted by atomic mass is 10.0. The Labute approximate surface area is 155 Å². The predicted octanol–water partition coefficient (Wildman–Crippen LogP) is 3.13. The van der Waals surface area contributed by atoms with Crippen LogP contribution >= 0.6 is 0 Å². The minimum atomic E-state index is -3.46. The number of para-hydroxylation sites is 2. The molecule has 0 bridgehead atoms. The van der Waals surface area contributed by atoms with Gasteiger partial charge in [-0.15, -0.1) is 0 Å². The van der Waals surface area contributed by atoms with Crippen LogP contribution in [0.3, 0.4) is 0 Å². The van der Waals surface area contributed by atoms with E-state index in [4.69, 9.17) is 0 Å². The molecule has 5 nitrogen and oxygen atoms in total. The van der Waals surface area contributed by atoms with Gasteiger partial charge >= 0.3 is 0 Å². The van der Waals surface area contributed by atoms with E-state index in [0.29, 0.717) is 12.2 Å². The first-order chi connectivity index (χ1) is 12.4. The number of benzene rings is 2. The van der Waals surface area contributed by atoms with Crippen LogP contribution in [0, 0.1) is 6.92 Å². The molecule has 0 unspecified atom stereocenters. The molecule has 6 heteroatoms. The fraction of sp³-hybridized carbons (Fsp3) is 0.350. The van der Waals surface area contributed by atoms with Crippen LogP contribution < -0.4 is 9.21 Å². The number of hydrogen-bond donors (Lipinski definition) is 0. The maximum Gasteiger partial charge on any atom is 0.232 e. The average Bonchev–Trinajstić information content (AvgIpc) is 2.61. The summed E-state index contributed by atoms with van der Waals surface area (Å²) in [5.74, 6) is -0.0422. The summed E-state index contributed by atoms with van der Waals surface area (Å²) in [4.78, 5) is 14.6. The number of fused-ring (bicyclic) bond motifs is 1. The minimum Gasteiger partial charge on any atom is -0.312 e. The Kier molecular flexibility index (Phi) is 5.32. The number of amides is 1. The van der Waals surface area contributed by atoms with Gasteiger partial charge in [0.15, 0.2) is 0 Å². The van der Waals surface area contributed by atoms with Crippen LogP contribution in [0.1, 0.15) is 24.0 Å². The summed E-state index contributed by atoms with van der Waals surface area (Å²) in [7, 11) is -3.46. The Morgan fingerprint density at radius 1 is 1.12 bits per heavy atom. The Morgan fingerprint density at radius 3 is 2.54 bits per heavy atom. The molecule has 1 amide bonds. The van der Waals surface area contributed by atoms with Gasteiger partial charge in [0.25, 0.3) is 0 Å². The first-order valence-corrected chi connectivity index (χ1v) is 10.6. The maximum atomic E-state index is 12.8. The van der Waals surface area contributed by atoms with Crippen molar-refractivity contribution in [3.63, 3.8) is 0 Å². The lowest BCUT2D eigenvalue weighted by molar-refractivity contribution is -0.118. The SMILES string of the molecule is Cc1ccccc1N(CCC(=O)N1CCCc2ccccc21)S(C)(=O)=O. The number of nitrogens with zero attached hydrogens (tertiary/aromatic N) is 2. The van der Waals surface area contributed by atoms with Crippen molar-refractivity contribution in [1.82, 2.24) is 0 Å². The van der Waals surface area contributed by atoms with Crippen molar-refractivity contribution in [2.75, 3.05) is 28.6 Å². The number of anilines is 2. The quantitative estimate of drug-likeness (QED) is 0.810. The number of rotatable bonds is 5. The number of carbonyl (C=O) groups excluding carboxylic acids is 1. The van der Waals surface area contributed by atoms with Crippen molar-refractivity contribution in [1.29, 1.82) is 0 Å². The fourth-order valence-electron chi connectivity index (χ4n) is 3.43. The van der Waals surface area contributed by atoms with Crippen molar-refractivity contribution >= 4 is 27.3 Å². The summed E-state index contributed by atoms with van der Waals surface area (Å²) in [6, 6.07) is 15.2. The van der Waals surface area contributed by atoms with Gasteiger partial charge < -0.3 is 4.90 Å².